The van der Waals surface area contributed by atoms with Crippen molar-refractivity contribution in [2.45, 2.75) is 14.3 Å². The number of rotatable bonds is 0. The summed E-state index contributed by atoms with van der Waals surface area (Å²) in [7, 11) is 0. The molecule has 13 heavy (non-hydrogen) atoms. The van der Waals surface area contributed by atoms with E-state index in [2.05, 4.69) is 0 Å². The van der Waals surface area contributed by atoms with Crippen molar-refractivity contribution in [2.24, 2.45) is 0 Å². The molecule has 7 heteroatoms. The van der Waals surface area contributed by atoms with E-state index in [1.807, 2.05) is 0 Å². The van der Waals surface area contributed by atoms with Crippen molar-refractivity contribution in [3.63, 3.8) is 0 Å². The number of hydrogen-bond donors (Lipinski definition) is 0. The lowest BCUT2D eigenvalue weighted by molar-refractivity contribution is 0.0551. The fourth-order valence-corrected chi connectivity index (χ4v) is 6.87. The minimum Gasteiger partial charge on any atom is -0.205 e. The average Bonchev–Trinajstić information content (AvgIpc) is 2.34. The van der Waals surface area contributed by atoms with E-state index in [1.165, 1.54) is 46.2 Å². The van der Waals surface area contributed by atoms with E-state index in [-0.39, 0.29) is 11.5 Å². The molecule has 0 atom stereocenters. The van der Waals surface area contributed by atoms with Gasteiger partial charge >= 0.3 is 0 Å². The van der Waals surface area contributed by atoms with Crippen molar-refractivity contribution in [1.29, 1.82) is 0 Å². The highest BCUT2D eigenvalue weighted by Crippen LogP contribution is 2.46. The Kier molecular flexibility index (Phi) is 3.00. The number of thioether (sulfide) groups is 2. The van der Waals surface area contributed by atoms with Crippen LogP contribution in [0.5, 0.6) is 0 Å². The second-order valence-electron chi connectivity index (χ2n) is 2.46. The van der Waals surface area contributed by atoms with Crippen LogP contribution in [0.2, 0.25) is 0 Å². The van der Waals surface area contributed by atoms with Gasteiger partial charge in [0.2, 0.25) is 0 Å². The second kappa shape index (κ2) is 3.77. The smallest absolute Gasteiger partial charge is 0.205 e. The first-order chi connectivity index (χ1) is 6.07. The van der Waals surface area contributed by atoms with Crippen molar-refractivity contribution in [2.75, 3.05) is 11.5 Å². The standard InChI is InChI=1S/C6H4F2S5/c7-6(8)1-10-3-4(11-2-6)13-5(9)12-3/h1-2H2. The summed E-state index contributed by atoms with van der Waals surface area (Å²) in [6, 6.07) is 0. The predicted molar refractivity (Wildman–Crippen MR) is 59.4 cm³/mol. The summed E-state index contributed by atoms with van der Waals surface area (Å²) in [6.45, 7) is 0. The Labute approximate surface area is 95.7 Å². The summed E-state index contributed by atoms with van der Waals surface area (Å²) in [5.41, 5.74) is 0. The normalized spacial score (nSPS) is 20.8. The molecule has 72 valence electrons. The first kappa shape index (κ1) is 10.4. The third kappa shape index (κ3) is 2.44. The van der Waals surface area contributed by atoms with Crippen LogP contribution in [0.15, 0.2) is 8.42 Å². The molecule has 1 aromatic heterocycles. The van der Waals surface area contributed by atoms with E-state index in [0.717, 1.165) is 11.6 Å². The topological polar surface area (TPSA) is 0 Å². The third-order valence-corrected chi connectivity index (χ3v) is 7.25. The van der Waals surface area contributed by atoms with Gasteiger partial charge in [-0.15, -0.1) is 46.2 Å². The van der Waals surface area contributed by atoms with Gasteiger partial charge in [0, 0.05) is 0 Å². The first-order valence-corrected chi connectivity index (χ1v) is 7.35. The van der Waals surface area contributed by atoms with Crippen LogP contribution in [-0.2, 0) is 0 Å². The van der Waals surface area contributed by atoms with Gasteiger partial charge in [0.15, 0.2) is 0 Å². The average molecular weight is 274 g/mol. The quantitative estimate of drug-likeness (QED) is 0.645. The zero-order valence-electron chi connectivity index (χ0n) is 6.21. The molecule has 1 aliphatic rings. The summed E-state index contributed by atoms with van der Waals surface area (Å²) in [5, 5.41) is 0. The fraction of sp³-hybridized carbons (Fsp3) is 0.500. The Morgan fingerprint density at radius 1 is 1.08 bits per heavy atom. The summed E-state index contributed by atoms with van der Waals surface area (Å²) in [4.78, 5) is 0. The van der Waals surface area contributed by atoms with Gasteiger partial charge < -0.3 is 0 Å². The molecule has 0 saturated heterocycles. The monoisotopic (exact) mass is 274 g/mol. The SMILES string of the molecule is FC1(F)CSc2sc(=S)sc2SC1. The molecule has 0 fully saturated rings. The Bertz CT molecular complexity index is 335. The number of halogens is 2. The van der Waals surface area contributed by atoms with E-state index in [9.17, 15) is 8.78 Å². The van der Waals surface area contributed by atoms with E-state index in [4.69, 9.17) is 12.2 Å². The highest BCUT2D eigenvalue weighted by atomic mass is 32.2. The van der Waals surface area contributed by atoms with Crippen molar-refractivity contribution in [3.8, 4) is 0 Å². The van der Waals surface area contributed by atoms with Gasteiger partial charge in [-0.2, -0.15) is 0 Å². The molecule has 0 aromatic carbocycles. The van der Waals surface area contributed by atoms with Gasteiger partial charge in [0.25, 0.3) is 5.92 Å². The third-order valence-electron chi connectivity index (χ3n) is 1.35. The number of hydrogen-bond acceptors (Lipinski definition) is 5. The van der Waals surface area contributed by atoms with Crippen LogP contribution in [0.3, 0.4) is 0 Å². The van der Waals surface area contributed by atoms with Crippen LogP contribution in [0.4, 0.5) is 8.78 Å². The molecule has 0 saturated carbocycles. The zero-order chi connectivity index (χ0) is 9.47. The Morgan fingerprint density at radius 3 is 2.00 bits per heavy atom. The zero-order valence-corrected chi connectivity index (χ0v) is 10.3. The molecule has 1 aliphatic heterocycles. The van der Waals surface area contributed by atoms with Crippen LogP contribution >= 0.6 is 58.4 Å². The van der Waals surface area contributed by atoms with Crippen molar-refractivity contribution >= 4 is 58.4 Å². The molecule has 0 bridgehead atoms. The predicted octanol–water partition coefficient (Wildman–Crippen LogP) is 4.37. The van der Waals surface area contributed by atoms with Crippen molar-refractivity contribution in [1.82, 2.24) is 0 Å². The van der Waals surface area contributed by atoms with Gasteiger partial charge in [-0.05, 0) is 0 Å². The molecule has 0 nitrogen and oxygen atoms in total. The maximum atomic E-state index is 12.9. The lowest BCUT2D eigenvalue weighted by Gasteiger charge is -2.10. The molecule has 0 unspecified atom stereocenters. The van der Waals surface area contributed by atoms with E-state index in [0.29, 0.717) is 0 Å². The van der Waals surface area contributed by atoms with Crippen LogP contribution in [0.1, 0.15) is 0 Å². The summed E-state index contributed by atoms with van der Waals surface area (Å²) in [6.07, 6.45) is 0. The maximum absolute atomic E-state index is 12.9. The second-order valence-corrected chi connectivity index (χ2v) is 8.18. The molecule has 2 rings (SSSR count). The van der Waals surface area contributed by atoms with Crippen molar-refractivity contribution < 1.29 is 8.78 Å². The number of fused-ring (bicyclic) bond motifs is 1. The highest BCUT2D eigenvalue weighted by molar-refractivity contribution is 8.06. The minimum absolute atomic E-state index is 0.116. The number of alkyl halides is 2. The first-order valence-electron chi connectivity index (χ1n) is 3.34. The lowest BCUT2D eigenvalue weighted by Crippen LogP contribution is -2.21. The molecular formula is C6H4F2S5. The Hall–Kier alpha value is 0.830. The maximum Gasteiger partial charge on any atom is 0.266 e. The molecule has 0 N–H and O–H groups in total. The van der Waals surface area contributed by atoms with Gasteiger partial charge in [-0.25, -0.2) is 8.78 Å². The highest BCUT2D eigenvalue weighted by Gasteiger charge is 2.33. The van der Waals surface area contributed by atoms with E-state index < -0.39 is 5.92 Å². The Balaban J connectivity index is 2.29. The summed E-state index contributed by atoms with van der Waals surface area (Å²) in [5.74, 6) is -2.77. The van der Waals surface area contributed by atoms with Crippen LogP contribution < -0.4 is 0 Å². The largest absolute Gasteiger partial charge is 0.266 e. The van der Waals surface area contributed by atoms with Crippen LogP contribution in [0, 0.1) is 3.14 Å². The van der Waals surface area contributed by atoms with Gasteiger partial charge in [0.1, 0.15) is 3.14 Å². The molecule has 0 aliphatic carbocycles. The van der Waals surface area contributed by atoms with Gasteiger partial charge in [0.05, 0.1) is 19.9 Å². The molecule has 0 radical (unpaired) electrons. The summed E-state index contributed by atoms with van der Waals surface area (Å²) >= 11 is 10.4. The van der Waals surface area contributed by atoms with E-state index >= 15 is 0 Å². The summed E-state index contributed by atoms with van der Waals surface area (Å²) < 4.78 is 28.7. The lowest BCUT2D eigenvalue weighted by atomic mass is 10.5. The minimum atomic E-state index is -2.54. The Morgan fingerprint density at radius 2 is 1.54 bits per heavy atom. The van der Waals surface area contributed by atoms with Gasteiger partial charge in [-0.1, -0.05) is 12.2 Å². The molecule has 1 aromatic rings. The van der Waals surface area contributed by atoms with Crippen LogP contribution in [0.25, 0.3) is 0 Å². The molecular weight excluding hydrogens is 270 g/mol. The molecule has 0 amide bonds. The van der Waals surface area contributed by atoms with Crippen molar-refractivity contribution in [3.05, 3.63) is 3.14 Å². The molecule has 0 spiro atoms. The van der Waals surface area contributed by atoms with Gasteiger partial charge in [-0.3, -0.25) is 0 Å². The fourth-order valence-electron chi connectivity index (χ4n) is 0.816. The van der Waals surface area contributed by atoms with E-state index in [1.54, 1.807) is 0 Å². The van der Waals surface area contributed by atoms with Crippen LogP contribution in [-0.4, -0.2) is 17.4 Å². The molecule has 2 heterocycles.